The highest BCUT2D eigenvalue weighted by Gasteiger charge is 2.19. The Morgan fingerprint density at radius 2 is 2.06 bits per heavy atom. The van der Waals surface area contributed by atoms with Gasteiger partial charge in [-0.25, -0.2) is 0 Å². The highest BCUT2D eigenvalue weighted by Crippen LogP contribution is 2.24. The monoisotopic (exact) mass is 278 g/mol. The average Bonchev–Trinajstić information content (AvgIpc) is 2.16. The maximum Gasteiger partial charge on any atom is 0.0604 e. The van der Waals surface area contributed by atoms with E-state index in [2.05, 4.69) is 19.6 Å². The average molecular weight is 279 g/mol. The highest BCUT2D eigenvalue weighted by molar-refractivity contribution is 6.76. The normalized spacial score (nSPS) is 25.7. The minimum atomic E-state index is -0.988. The standard InChI is InChI=1S/C12H20Cl2OSi/c1-16(2,3)7-6-15-9-10-8-11(13)4-5-12(10)14/h4-5,8,10,12H,6-7,9H2,1-3H3. The maximum absolute atomic E-state index is 6.16. The molecule has 1 nitrogen and oxygen atoms in total. The Hall–Kier alpha value is 0.237. The van der Waals surface area contributed by atoms with Crippen LogP contribution in [-0.4, -0.2) is 26.7 Å². The molecular formula is C12H20Cl2OSi. The van der Waals surface area contributed by atoms with Gasteiger partial charge >= 0.3 is 0 Å². The van der Waals surface area contributed by atoms with Gasteiger partial charge in [-0.15, -0.1) is 11.6 Å². The van der Waals surface area contributed by atoms with Gasteiger partial charge in [-0.3, -0.25) is 0 Å². The fourth-order valence-corrected chi connectivity index (χ4v) is 2.63. The van der Waals surface area contributed by atoms with Crippen molar-refractivity contribution >= 4 is 31.3 Å². The van der Waals surface area contributed by atoms with E-state index < -0.39 is 8.07 Å². The van der Waals surface area contributed by atoms with E-state index in [-0.39, 0.29) is 11.3 Å². The van der Waals surface area contributed by atoms with Crippen LogP contribution in [0.15, 0.2) is 23.3 Å². The van der Waals surface area contributed by atoms with Gasteiger partial charge in [-0.05, 0) is 12.1 Å². The summed E-state index contributed by atoms with van der Waals surface area (Å²) >= 11 is 12.1. The van der Waals surface area contributed by atoms with Gasteiger partial charge < -0.3 is 4.74 Å². The minimum Gasteiger partial charge on any atom is -0.381 e. The molecule has 0 amide bonds. The third-order valence-electron chi connectivity index (χ3n) is 2.53. The van der Waals surface area contributed by atoms with Crippen LogP contribution >= 0.6 is 23.2 Å². The van der Waals surface area contributed by atoms with Crippen LogP contribution in [0.1, 0.15) is 0 Å². The lowest BCUT2D eigenvalue weighted by molar-refractivity contribution is 0.125. The van der Waals surface area contributed by atoms with Crippen LogP contribution in [0.25, 0.3) is 0 Å². The topological polar surface area (TPSA) is 9.23 Å². The first-order valence-electron chi connectivity index (χ1n) is 5.66. The summed E-state index contributed by atoms with van der Waals surface area (Å²) in [6.45, 7) is 8.55. The fourth-order valence-electron chi connectivity index (χ4n) is 1.42. The van der Waals surface area contributed by atoms with Crippen molar-refractivity contribution in [3.63, 3.8) is 0 Å². The molecule has 16 heavy (non-hydrogen) atoms. The van der Waals surface area contributed by atoms with Crippen LogP contribution in [-0.2, 0) is 4.74 Å². The zero-order chi connectivity index (χ0) is 12.2. The minimum absolute atomic E-state index is 0.00869. The summed E-state index contributed by atoms with van der Waals surface area (Å²) in [7, 11) is -0.988. The molecule has 2 atom stereocenters. The second-order valence-corrected chi connectivity index (χ2v) is 12.0. The van der Waals surface area contributed by atoms with Gasteiger partial charge in [0.1, 0.15) is 0 Å². The van der Waals surface area contributed by atoms with Crippen LogP contribution in [0.2, 0.25) is 25.7 Å². The molecule has 0 aromatic heterocycles. The number of allylic oxidation sites excluding steroid dienone is 3. The zero-order valence-electron chi connectivity index (χ0n) is 10.2. The Labute approximate surface area is 109 Å². The summed E-state index contributed by atoms with van der Waals surface area (Å²) in [5, 5.41) is 0.769. The second kappa shape index (κ2) is 6.25. The lowest BCUT2D eigenvalue weighted by Gasteiger charge is -2.21. The van der Waals surface area contributed by atoms with E-state index in [1.807, 2.05) is 18.2 Å². The van der Waals surface area contributed by atoms with Crippen LogP contribution in [0.5, 0.6) is 0 Å². The predicted molar refractivity (Wildman–Crippen MR) is 75.2 cm³/mol. The number of alkyl halides is 1. The molecule has 1 aliphatic carbocycles. The molecule has 0 heterocycles. The molecule has 0 saturated carbocycles. The van der Waals surface area contributed by atoms with Gasteiger partial charge in [-0.2, -0.15) is 0 Å². The van der Waals surface area contributed by atoms with Crippen molar-refractivity contribution in [1.82, 2.24) is 0 Å². The first-order chi connectivity index (χ1) is 7.38. The van der Waals surface area contributed by atoms with Crippen LogP contribution in [0.4, 0.5) is 0 Å². The Morgan fingerprint density at radius 3 is 2.69 bits per heavy atom. The Balaban J connectivity index is 2.25. The second-order valence-electron chi connectivity index (χ2n) is 5.40. The highest BCUT2D eigenvalue weighted by atomic mass is 35.5. The first-order valence-corrected chi connectivity index (χ1v) is 10.2. The lowest BCUT2D eigenvalue weighted by atomic mass is 10.0. The molecule has 0 bridgehead atoms. The summed E-state index contributed by atoms with van der Waals surface area (Å²) in [6.07, 6.45) is 5.75. The van der Waals surface area contributed by atoms with Crippen molar-refractivity contribution < 1.29 is 4.74 Å². The van der Waals surface area contributed by atoms with Crippen molar-refractivity contribution in [2.24, 2.45) is 5.92 Å². The SMILES string of the molecule is C[Si](C)(C)CCOCC1C=C(Cl)C=CC1Cl. The van der Waals surface area contributed by atoms with Gasteiger partial charge in [0.05, 0.1) is 12.0 Å². The lowest BCUT2D eigenvalue weighted by Crippen LogP contribution is -2.24. The van der Waals surface area contributed by atoms with E-state index in [9.17, 15) is 0 Å². The van der Waals surface area contributed by atoms with Crippen LogP contribution in [0, 0.1) is 5.92 Å². The number of hydrogen-bond acceptors (Lipinski definition) is 1. The zero-order valence-corrected chi connectivity index (χ0v) is 12.7. The van der Waals surface area contributed by atoms with Crippen LogP contribution < -0.4 is 0 Å². The van der Waals surface area contributed by atoms with Gasteiger partial charge in [0.25, 0.3) is 0 Å². The summed E-state index contributed by atoms with van der Waals surface area (Å²) in [5.41, 5.74) is 0. The van der Waals surface area contributed by atoms with E-state index in [1.165, 1.54) is 6.04 Å². The molecule has 0 aliphatic heterocycles. The Morgan fingerprint density at radius 1 is 1.38 bits per heavy atom. The quantitative estimate of drug-likeness (QED) is 0.415. The summed E-state index contributed by atoms with van der Waals surface area (Å²) in [6, 6.07) is 1.19. The Bertz CT molecular complexity index is 281. The molecule has 0 fully saturated rings. The molecule has 0 aromatic carbocycles. The smallest absolute Gasteiger partial charge is 0.0604 e. The molecule has 1 rings (SSSR count). The van der Waals surface area contributed by atoms with E-state index in [0.717, 1.165) is 11.6 Å². The van der Waals surface area contributed by atoms with Crippen molar-refractivity contribution in [2.75, 3.05) is 13.2 Å². The summed E-state index contributed by atoms with van der Waals surface area (Å²) in [5.74, 6) is 0.209. The predicted octanol–water partition coefficient (Wildman–Crippen LogP) is 4.26. The largest absolute Gasteiger partial charge is 0.381 e. The number of rotatable bonds is 5. The number of ether oxygens (including phenoxy) is 1. The van der Waals surface area contributed by atoms with E-state index >= 15 is 0 Å². The van der Waals surface area contributed by atoms with Crippen molar-refractivity contribution in [3.8, 4) is 0 Å². The van der Waals surface area contributed by atoms with Crippen molar-refractivity contribution in [2.45, 2.75) is 31.1 Å². The van der Waals surface area contributed by atoms with E-state index in [0.29, 0.717) is 6.61 Å². The molecule has 0 spiro atoms. The summed E-state index contributed by atoms with van der Waals surface area (Å²) < 4.78 is 5.68. The molecule has 0 aromatic rings. The first kappa shape index (κ1) is 14.3. The Kier molecular flexibility index (Phi) is 5.58. The molecule has 0 N–H and O–H groups in total. The van der Waals surface area contributed by atoms with Gasteiger partial charge in [0, 0.05) is 25.6 Å². The molecule has 0 radical (unpaired) electrons. The molecular weight excluding hydrogens is 259 g/mol. The number of halogens is 2. The molecule has 92 valence electrons. The van der Waals surface area contributed by atoms with Gasteiger partial charge in [0.2, 0.25) is 0 Å². The molecule has 0 saturated heterocycles. The third kappa shape index (κ3) is 5.53. The van der Waals surface area contributed by atoms with Gasteiger partial charge in [0.15, 0.2) is 0 Å². The summed E-state index contributed by atoms with van der Waals surface area (Å²) in [4.78, 5) is 0. The molecule has 4 heteroatoms. The molecule has 2 unspecified atom stereocenters. The third-order valence-corrected chi connectivity index (χ3v) is 4.95. The number of hydrogen-bond donors (Lipinski definition) is 0. The fraction of sp³-hybridized carbons (Fsp3) is 0.667. The van der Waals surface area contributed by atoms with Crippen molar-refractivity contribution in [1.29, 1.82) is 0 Å². The van der Waals surface area contributed by atoms with Gasteiger partial charge in [-0.1, -0.05) is 43.4 Å². The maximum atomic E-state index is 6.16. The van der Waals surface area contributed by atoms with Crippen molar-refractivity contribution in [3.05, 3.63) is 23.3 Å². The van der Waals surface area contributed by atoms with E-state index in [4.69, 9.17) is 27.9 Å². The molecule has 1 aliphatic rings. The van der Waals surface area contributed by atoms with Crippen LogP contribution in [0.3, 0.4) is 0 Å². The van der Waals surface area contributed by atoms with E-state index in [1.54, 1.807) is 0 Å².